The fourth-order valence-corrected chi connectivity index (χ4v) is 5.08. The average molecular weight is 637 g/mol. The highest BCUT2D eigenvalue weighted by Crippen LogP contribution is 2.50. The smallest absolute Gasteiger partial charge is 0.422 e. The first-order valence-corrected chi connectivity index (χ1v) is 15.3. The molecule has 2 atom stereocenters. The molecular formula is C31H32ClF3N2O5S. The molecule has 0 bridgehead atoms. The number of benzene rings is 3. The van der Waals surface area contributed by atoms with E-state index in [-0.39, 0.29) is 33.6 Å². The number of alkyl halides is 3. The second-order valence-electron chi connectivity index (χ2n) is 10.2. The molecular weight excluding hydrogens is 605 g/mol. The van der Waals surface area contributed by atoms with Gasteiger partial charge in [-0.05, 0) is 47.5 Å². The minimum atomic E-state index is -5.02. The van der Waals surface area contributed by atoms with Crippen molar-refractivity contribution >= 4 is 38.2 Å². The molecule has 1 amide bonds. The average Bonchev–Trinajstić information content (AvgIpc) is 2.94. The molecule has 230 valence electrons. The molecule has 7 nitrogen and oxygen atoms in total. The summed E-state index contributed by atoms with van der Waals surface area (Å²) in [6, 6.07) is 18.4. The molecule has 0 saturated carbocycles. The fourth-order valence-electron chi connectivity index (χ4n) is 4.11. The molecule has 1 aromatic heterocycles. The number of aliphatic hydroxyl groups is 1. The number of sulfone groups is 1. The number of carbonyl (C=O) groups excluding carboxylic acids is 1. The van der Waals surface area contributed by atoms with Crippen molar-refractivity contribution in [2.24, 2.45) is 0 Å². The molecule has 0 saturated heterocycles. The van der Waals surface area contributed by atoms with E-state index in [4.69, 9.17) is 16.3 Å². The van der Waals surface area contributed by atoms with Crippen LogP contribution in [0.5, 0.6) is 5.75 Å². The zero-order valence-electron chi connectivity index (χ0n) is 24.2. The number of carbonyl (C=O) groups is 1. The van der Waals surface area contributed by atoms with Gasteiger partial charge < -0.3 is 14.7 Å². The van der Waals surface area contributed by atoms with Crippen LogP contribution in [0.1, 0.15) is 36.5 Å². The predicted molar refractivity (Wildman–Crippen MR) is 160 cm³/mol. The number of para-hydroxylation sites is 1. The lowest BCUT2D eigenvalue weighted by Crippen LogP contribution is -2.46. The Morgan fingerprint density at radius 1 is 1.05 bits per heavy atom. The summed E-state index contributed by atoms with van der Waals surface area (Å²) in [5, 5.41) is 11.6. The number of ether oxygens (including phenoxy) is 1. The van der Waals surface area contributed by atoms with Crippen molar-refractivity contribution in [3.63, 3.8) is 0 Å². The summed E-state index contributed by atoms with van der Waals surface area (Å²) < 4.78 is 72.0. The molecule has 12 heteroatoms. The Morgan fingerprint density at radius 2 is 1.65 bits per heavy atom. The van der Waals surface area contributed by atoms with Crippen LogP contribution in [0.15, 0.2) is 83.9 Å². The third-order valence-electron chi connectivity index (χ3n) is 6.91. The van der Waals surface area contributed by atoms with Crippen LogP contribution in [0.3, 0.4) is 0 Å². The van der Waals surface area contributed by atoms with Crippen LogP contribution >= 0.6 is 11.6 Å². The zero-order valence-corrected chi connectivity index (χ0v) is 25.8. The van der Waals surface area contributed by atoms with E-state index in [9.17, 15) is 31.5 Å². The minimum absolute atomic E-state index is 0.00570. The van der Waals surface area contributed by atoms with Gasteiger partial charge in [-0.25, -0.2) is 8.42 Å². The van der Waals surface area contributed by atoms with Crippen molar-refractivity contribution < 1.29 is 36.2 Å². The van der Waals surface area contributed by atoms with Crippen molar-refractivity contribution in [3.05, 3.63) is 101 Å². The number of hydrogen-bond acceptors (Lipinski definition) is 6. The van der Waals surface area contributed by atoms with Gasteiger partial charge in [-0.3, -0.25) is 9.78 Å². The van der Waals surface area contributed by atoms with Gasteiger partial charge in [0.15, 0.2) is 15.4 Å². The molecule has 43 heavy (non-hydrogen) atoms. The summed E-state index contributed by atoms with van der Waals surface area (Å²) in [7, 11) is 0.127. The lowest BCUT2D eigenvalue weighted by atomic mass is 9.78. The maximum Gasteiger partial charge on any atom is 0.422 e. The van der Waals surface area contributed by atoms with Gasteiger partial charge >= 0.3 is 6.18 Å². The maximum absolute atomic E-state index is 14.4. The third-order valence-corrected chi connectivity index (χ3v) is 8.37. The Kier molecular flexibility index (Phi) is 10.5. The van der Waals surface area contributed by atoms with Crippen molar-refractivity contribution in [1.29, 1.82) is 0 Å². The standard InChI is InChI=1S/C27H23ClF3NO4S.C4H9NO/c1-17(26(33,27(29,30)31)20-13-19-5-3-4-6-25(19)32-15-20)23-12-9-21(14-24(23)28)36-16-18-7-10-22(11-8-18)37(2,34)35;1-4(6)5(2)3/h3-15,17,33H,16H2,1-2H3;1-3H3. The number of halogens is 4. The Hall–Kier alpha value is -3.67. The van der Waals surface area contributed by atoms with Gasteiger partial charge in [0.2, 0.25) is 5.91 Å². The van der Waals surface area contributed by atoms with Gasteiger partial charge in [0.05, 0.1) is 10.4 Å². The van der Waals surface area contributed by atoms with Crippen LogP contribution in [0.25, 0.3) is 10.9 Å². The number of rotatable bonds is 7. The normalized spacial score (nSPS) is 13.8. The molecule has 3 aromatic carbocycles. The Balaban J connectivity index is 0.000000765. The number of amides is 1. The molecule has 0 aliphatic rings. The minimum Gasteiger partial charge on any atom is -0.489 e. The number of fused-ring (bicyclic) bond motifs is 1. The van der Waals surface area contributed by atoms with E-state index < -0.39 is 27.5 Å². The third kappa shape index (κ3) is 8.04. The van der Waals surface area contributed by atoms with Crippen LogP contribution in [-0.4, -0.2) is 55.8 Å². The van der Waals surface area contributed by atoms with Gasteiger partial charge in [0.25, 0.3) is 0 Å². The van der Waals surface area contributed by atoms with Crippen LogP contribution in [-0.2, 0) is 26.8 Å². The summed E-state index contributed by atoms with van der Waals surface area (Å²) in [4.78, 5) is 15.9. The van der Waals surface area contributed by atoms with Crippen molar-refractivity contribution in [3.8, 4) is 5.75 Å². The maximum atomic E-state index is 14.4. The zero-order chi connectivity index (χ0) is 32.2. The second kappa shape index (κ2) is 13.3. The Morgan fingerprint density at radius 3 is 2.19 bits per heavy atom. The van der Waals surface area contributed by atoms with Gasteiger partial charge in [-0.15, -0.1) is 0 Å². The number of nitrogens with zero attached hydrogens (tertiary/aromatic N) is 2. The fraction of sp³-hybridized carbons (Fsp3) is 0.290. The highest BCUT2D eigenvalue weighted by Gasteiger charge is 2.59. The van der Waals surface area contributed by atoms with Crippen LogP contribution in [0, 0.1) is 0 Å². The summed E-state index contributed by atoms with van der Waals surface area (Å²) in [5.41, 5.74) is -2.36. The van der Waals surface area contributed by atoms with E-state index in [2.05, 4.69) is 4.98 Å². The van der Waals surface area contributed by atoms with E-state index in [1.54, 1.807) is 50.5 Å². The summed E-state index contributed by atoms with van der Waals surface area (Å²) in [6.45, 7) is 2.87. The highest BCUT2D eigenvalue weighted by molar-refractivity contribution is 7.90. The number of pyridine rings is 1. The van der Waals surface area contributed by atoms with Crippen LogP contribution in [0.2, 0.25) is 5.02 Å². The van der Waals surface area contributed by atoms with Crippen molar-refractivity contribution in [2.75, 3.05) is 20.4 Å². The topological polar surface area (TPSA) is 96.8 Å². The Bertz CT molecular complexity index is 1700. The molecule has 1 heterocycles. The second-order valence-corrected chi connectivity index (χ2v) is 12.6. The SMILES string of the molecule is CC(=O)N(C)C.CC(c1ccc(OCc2ccc(S(C)(=O)=O)cc2)cc1Cl)C(O)(c1cnc2ccccc2c1)C(F)(F)F. The van der Waals surface area contributed by atoms with E-state index in [1.165, 1.54) is 55.1 Å². The Labute approximate surface area is 253 Å². The van der Waals surface area contributed by atoms with Crippen LogP contribution < -0.4 is 4.74 Å². The lowest BCUT2D eigenvalue weighted by molar-refractivity contribution is -0.274. The van der Waals surface area contributed by atoms with Crippen LogP contribution in [0.4, 0.5) is 13.2 Å². The van der Waals surface area contributed by atoms with E-state index in [0.717, 1.165) is 12.5 Å². The van der Waals surface area contributed by atoms with Crippen molar-refractivity contribution in [2.45, 2.75) is 43.0 Å². The van der Waals surface area contributed by atoms with Crippen molar-refractivity contribution in [1.82, 2.24) is 9.88 Å². The van der Waals surface area contributed by atoms with E-state index in [1.807, 2.05) is 0 Å². The first-order chi connectivity index (χ1) is 19.9. The predicted octanol–water partition coefficient (Wildman–Crippen LogP) is 6.52. The molecule has 2 unspecified atom stereocenters. The summed E-state index contributed by atoms with van der Waals surface area (Å²) >= 11 is 6.37. The molecule has 0 fully saturated rings. The molecule has 0 aliphatic carbocycles. The lowest BCUT2D eigenvalue weighted by Gasteiger charge is -2.37. The number of hydrogen-bond donors (Lipinski definition) is 1. The molecule has 0 radical (unpaired) electrons. The molecule has 0 aliphatic heterocycles. The monoisotopic (exact) mass is 636 g/mol. The quantitative estimate of drug-likeness (QED) is 0.248. The van der Waals surface area contributed by atoms with Gasteiger partial charge in [-0.2, -0.15) is 13.2 Å². The largest absolute Gasteiger partial charge is 0.489 e. The molecule has 1 N–H and O–H groups in total. The van der Waals surface area contributed by atoms with Gasteiger partial charge in [-0.1, -0.05) is 54.9 Å². The molecule has 4 rings (SSSR count). The first-order valence-electron chi connectivity index (χ1n) is 13.0. The van der Waals surface area contributed by atoms with E-state index >= 15 is 0 Å². The highest BCUT2D eigenvalue weighted by atomic mass is 35.5. The molecule has 4 aromatic rings. The van der Waals surface area contributed by atoms with Gasteiger partial charge in [0, 0.05) is 55.4 Å². The summed E-state index contributed by atoms with van der Waals surface area (Å²) in [6.07, 6.45) is -2.88. The number of aromatic nitrogens is 1. The van der Waals surface area contributed by atoms with E-state index in [0.29, 0.717) is 22.2 Å². The first kappa shape index (κ1) is 33.8. The van der Waals surface area contributed by atoms with Gasteiger partial charge in [0.1, 0.15) is 12.4 Å². The molecule has 0 spiro atoms. The summed E-state index contributed by atoms with van der Waals surface area (Å²) in [5.74, 6) is -1.08.